The molecule has 1 aromatic carbocycles. The average molecular weight is 301 g/mol. The second-order valence-corrected chi connectivity index (χ2v) is 7.62. The molecule has 1 saturated heterocycles. The molecule has 0 aliphatic carbocycles. The molecule has 0 bridgehead atoms. The smallest absolute Gasteiger partial charge is 0.0921 e. The SMILES string of the molecule is Cc1ccc2c(c1)c1c(n2C2CNCCS2)CCN(C)C1. The Morgan fingerprint density at radius 2 is 2.24 bits per heavy atom. The Bertz CT molecular complexity index is 670. The summed E-state index contributed by atoms with van der Waals surface area (Å²) in [5, 5.41) is 5.59. The summed E-state index contributed by atoms with van der Waals surface area (Å²) in [6.07, 6.45) is 1.18. The Kier molecular flexibility index (Phi) is 3.48. The summed E-state index contributed by atoms with van der Waals surface area (Å²) in [6, 6.07) is 6.97. The first-order valence-electron chi connectivity index (χ1n) is 7.87. The Hall–Kier alpha value is -0.970. The number of thioether (sulfide) groups is 1. The van der Waals surface area contributed by atoms with Crippen LogP contribution >= 0.6 is 11.8 Å². The lowest BCUT2D eigenvalue weighted by atomic mass is 10.0. The fourth-order valence-electron chi connectivity index (χ4n) is 3.69. The van der Waals surface area contributed by atoms with Crippen molar-refractivity contribution in [1.29, 1.82) is 0 Å². The van der Waals surface area contributed by atoms with E-state index >= 15 is 0 Å². The van der Waals surface area contributed by atoms with Crippen LogP contribution in [0.25, 0.3) is 10.9 Å². The zero-order valence-corrected chi connectivity index (χ0v) is 13.7. The van der Waals surface area contributed by atoms with E-state index in [4.69, 9.17) is 0 Å². The van der Waals surface area contributed by atoms with Gasteiger partial charge in [-0.25, -0.2) is 0 Å². The van der Waals surface area contributed by atoms with Crippen LogP contribution in [0.1, 0.15) is 22.2 Å². The number of hydrogen-bond acceptors (Lipinski definition) is 3. The zero-order chi connectivity index (χ0) is 14.4. The van der Waals surface area contributed by atoms with Crippen molar-refractivity contribution in [2.45, 2.75) is 25.3 Å². The van der Waals surface area contributed by atoms with Crippen LogP contribution in [-0.4, -0.2) is 41.9 Å². The largest absolute Gasteiger partial charge is 0.330 e. The van der Waals surface area contributed by atoms with E-state index in [1.165, 1.54) is 35.2 Å². The first kappa shape index (κ1) is 13.7. The highest BCUT2D eigenvalue weighted by Gasteiger charge is 2.27. The number of nitrogens with zero attached hydrogens (tertiary/aromatic N) is 2. The fraction of sp³-hybridized carbons (Fsp3) is 0.529. The van der Waals surface area contributed by atoms with E-state index in [0.717, 1.165) is 19.6 Å². The summed E-state index contributed by atoms with van der Waals surface area (Å²) in [4.78, 5) is 2.45. The van der Waals surface area contributed by atoms with Crippen LogP contribution < -0.4 is 5.32 Å². The van der Waals surface area contributed by atoms with Crippen LogP contribution in [0.5, 0.6) is 0 Å². The van der Waals surface area contributed by atoms with Gasteiger partial charge >= 0.3 is 0 Å². The number of likely N-dealkylation sites (N-methyl/N-ethyl adjacent to an activating group) is 1. The lowest BCUT2D eigenvalue weighted by Crippen LogP contribution is -2.33. The minimum absolute atomic E-state index is 0.552. The van der Waals surface area contributed by atoms with Crippen molar-refractivity contribution in [2.75, 3.05) is 32.4 Å². The second kappa shape index (κ2) is 5.34. The molecular weight excluding hydrogens is 278 g/mol. The van der Waals surface area contributed by atoms with Crippen molar-refractivity contribution in [3.05, 3.63) is 35.0 Å². The molecule has 3 nitrogen and oxygen atoms in total. The third-order valence-corrected chi connectivity index (χ3v) is 5.93. The van der Waals surface area contributed by atoms with Crippen LogP contribution in [0, 0.1) is 6.92 Å². The summed E-state index contributed by atoms with van der Waals surface area (Å²) in [7, 11) is 2.23. The van der Waals surface area contributed by atoms with E-state index in [1.807, 2.05) is 0 Å². The van der Waals surface area contributed by atoms with Gasteiger partial charge in [0.1, 0.15) is 0 Å². The molecule has 0 radical (unpaired) electrons. The van der Waals surface area contributed by atoms with Gasteiger partial charge in [-0.3, -0.25) is 0 Å². The van der Waals surface area contributed by atoms with Gasteiger partial charge in [0.2, 0.25) is 0 Å². The standard InChI is InChI=1S/C17H23N3S/c1-12-3-4-15-13(9-12)14-11-19(2)7-5-16(14)20(15)17-10-18-6-8-21-17/h3-4,9,17-18H,5-8,10-11H2,1-2H3. The van der Waals surface area contributed by atoms with Crippen LogP contribution in [0.15, 0.2) is 18.2 Å². The summed E-state index contributed by atoms with van der Waals surface area (Å²) in [6.45, 7) is 6.70. The predicted molar refractivity (Wildman–Crippen MR) is 91.1 cm³/mol. The van der Waals surface area contributed by atoms with E-state index < -0.39 is 0 Å². The van der Waals surface area contributed by atoms with Gasteiger partial charge in [-0.15, -0.1) is 11.8 Å². The number of rotatable bonds is 1. The van der Waals surface area contributed by atoms with Crippen molar-refractivity contribution in [1.82, 2.24) is 14.8 Å². The van der Waals surface area contributed by atoms with Crippen molar-refractivity contribution < 1.29 is 0 Å². The van der Waals surface area contributed by atoms with Crippen molar-refractivity contribution >= 4 is 22.7 Å². The minimum Gasteiger partial charge on any atom is -0.330 e. The Morgan fingerprint density at radius 3 is 3.05 bits per heavy atom. The van der Waals surface area contributed by atoms with Gasteiger partial charge in [0.15, 0.2) is 0 Å². The highest BCUT2D eigenvalue weighted by atomic mass is 32.2. The van der Waals surface area contributed by atoms with Gasteiger partial charge in [-0.05, 0) is 31.7 Å². The molecule has 2 aliphatic rings. The molecule has 1 fully saturated rings. The summed E-state index contributed by atoms with van der Waals surface area (Å²) in [5.41, 5.74) is 5.94. The molecule has 1 atom stereocenters. The number of nitrogens with one attached hydrogen (secondary N) is 1. The maximum absolute atomic E-state index is 3.56. The van der Waals surface area contributed by atoms with Crippen LogP contribution in [0.3, 0.4) is 0 Å². The third kappa shape index (κ3) is 2.30. The van der Waals surface area contributed by atoms with E-state index in [-0.39, 0.29) is 0 Å². The van der Waals surface area contributed by atoms with Gasteiger partial charge in [0.05, 0.1) is 5.37 Å². The molecule has 112 valence electrons. The summed E-state index contributed by atoms with van der Waals surface area (Å²) < 4.78 is 2.63. The fourth-order valence-corrected chi connectivity index (χ4v) is 4.85. The maximum Gasteiger partial charge on any atom is 0.0921 e. The van der Waals surface area contributed by atoms with Gasteiger partial charge < -0.3 is 14.8 Å². The third-order valence-electron chi connectivity index (χ3n) is 4.73. The minimum atomic E-state index is 0.552. The summed E-state index contributed by atoms with van der Waals surface area (Å²) >= 11 is 2.10. The molecule has 1 aromatic heterocycles. The molecule has 4 rings (SSSR count). The molecule has 2 aromatic rings. The molecule has 1 unspecified atom stereocenters. The van der Waals surface area contributed by atoms with Crippen LogP contribution in [0.4, 0.5) is 0 Å². The molecule has 4 heteroatoms. The first-order valence-corrected chi connectivity index (χ1v) is 8.92. The number of hydrogen-bond donors (Lipinski definition) is 1. The molecule has 3 heterocycles. The first-order chi connectivity index (χ1) is 10.2. The van der Waals surface area contributed by atoms with E-state index in [0.29, 0.717) is 5.37 Å². The predicted octanol–water partition coefficient (Wildman–Crippen LogP) is 2.77. The zero-order valence-electron chi connectivity index (χ0n) is 12.9. The van der Waals surface area contributed by atoms with E-state index in [2.05, 4.69) is 58.7 Å². The van der Waals surface area contributed by atoms with Crippen molar-refractivity contribution in [2.24, 2.45) is 0 Å². The van der Waals surface area contributed by atoms with E-state index in [1.54, 1.807) is 11.3 Å². The van der Waals surface area contributed by atoms with Gasteiger partial charge in [-0.2, -0.15) is 0 Å². The van der Waals surface area contributed by atoms with Crippen LogP contribution in [0.2, 0.25) is 0 Å². The number of benzene rings is 1. The maximum atomic E-state index is 3.56. The monoisotopic (exact) mass is 301 g/mol. The lowest BCUT2D eigenvalue weighted by molar-refractivity contribution is 0.309. The van der Waals surface area contributed by atoms with Gasteiger partial charge in [-0.1, -0.05) is 11.6 Å². The molecule has 21 heavy (non-hydrogen) atoms. The molecule has 0 amide bonds. The Labute approximate surface area is 130 Å². The number of aromatic nitrogens is 1. The van der Waals surface area contributed by atoms with Gasteiger partial charge in [0, 0.05) is 54.9 Å². The van der Waals surface area contributed by atoms with Gasteiger partial charge in [0.25, 0.3) is 0 Å². The quantitative estimate of drug-likeness (QED) is 0.874. The number of aryl methyl sites for hydroxylation is 1. The topological polar surface area (TPSA) is 20.2 Å². The molecular formula is C17H23N3S. The van der Waals surface area contributed by atoms with Crippen LogP contribution in [-0.2, 0) is 13.0 Å². The highest BCUT2D eigenvalue weighted by molar-refractivity contribution is 7.99. The lowest BCUT2D eigenvalue weighted by Gasteiger charge is -2.29. The Balaban J connectivity index is 1.92. The normalized spacial score (nSPS) is 23.4. The molecule has 2 aliphatic heterocycles. The average Bonchev–Trinajstić information content (AvgIpc) is 2.81. The Morgan fingerprint density at radius 1 is 1.33 bits per heavy atom. The molecule has 1 N–H and O–H groups in total. The van der Waals surface area contributed by atoms with Crippen molar-refractivity contribution in [3.63, 3.8) is 0 Å². The van der Waals surface area contributed by atoms with Crippen molar-refractivity contribution in [3.8, 4) is 0 Å². The molecule has 0 spiro atoms. The van der Waals surface area contributed by atoms with E-state index in [9.17, 15) is 0 Å². The summed E-state index contributed by atoms with van der Waals surface area (Å²) in [5.74, 6) is 1.21. The highest BCUT2D eigenvalue weighted by Crippen LogP contribution is 2.37. The second-order valence-electron chi connectivity index (χ2n) is 6.33. The number of fused-ring (bicyclic) bond motifs is 3. The molecule has 0 saturated carbocycles.